The van der Waals surface area contributed by atoms with Crippen molar-refractivity contribution in [2.75, 3.05) is 26.3 Å². The third-order valence-electron chi connectivity index (χ3n) is 10.3. The van der Waals surface area contributed by atoms with Crippen molar-refractivity contribution in [2.45, 2.75) is 199 Å². The molecular weight excluding hydrogens is 606 g/mol. The fourth-order valence-electron chi connectivity index (χ4n) is 7.94. The number of hydrogen-bond acceptors (Lipinski definition) is 7. The number of imide groups is 1. The first-order valence-electron chi connectivity index (χ1n) is 19.6. The average Bonchev–Trinajstić information content (AvgIpc) is 3.22. The molecule has 48 heavy (non-hydrogen) atoms. The Bertz CT molecular complexity index is 963. The fourth-order valence-corrected chi connectivity index (χ4v) is 7.94. The number of hydrogen-bond donors (Lipinski definition) is 1. The van der Waals surface area contributed by atoms with Crippen LogP contribution in [0.25, 0.3) is 0 Å². The number of rotatable bonds is 26. The van der Waals surface area contributed by atoms with Gasteiger partial charge in [0.05, 0.1) is 19.8 Å². The number of piperidine rings is 1. The minimum absolute atomic E-state index is 0.116. The van der Waals surface area contributed by atoms with Crippen LogP contribution in [-0.4, -0.2) is 76.6 Å². The number of esters is 2. The Morgan fingerprint density at radius 3 is 1.33 bits per heavy atom. The summed E-state index contributed by atoms with van der Waals surface area (Å²) in [5.41, 5.74) is -2.32. The van der Waals surface area contributed by atoms with Crippen molar-refractivity contribution < 1.29 is 28.7 Å². The molecule has 0 unspecified atom stereocenters. The summed E-state index contributed by atoms with van der Waals surface area (Å²) in [6.07, 6.45) is 24.8. The van der Waals surface area contributed by atoms with Gasteiger partial charge in [-0.05, 0) is 53.4 Å². The van der Waals surface area contributed by atoms with Gasteiger partial charge >= 0.3 is 18.0 Å². The third kappa shape index (κ3) is 14.4. The lowest BCUT2D eigenvalue weighted by atomic mass is 9.69. The van der Waals surface area contributed by atoms with E-state index in [2.05, 4.69) is 24.1 Å². The summed E-state index contributed by atoms with van der Waals surface area (Å²) >= 11 is 0. The number of unbranched alkanes of at least 4 members (excludes halogenated alkanes) is 18. The van der Waals surface area contributed by atoms with Gasteiger partial charge in [-0.1, -0.05) is 129 Å². The molecule has 9 heteroatoms. The molecule has 1 N–H and O–H groups in total. The molecule has 2 saturated heterocycles. The summed E-state index contributed by atoms with van der Waals surface area (Å²) in [5.74, 6) is -1.23. The van der Waals surface area contributed by atoms with Gasteiger partial charge in [-0.2, -0.15) is 0 Å². The maximum atomic E-state index is 13.7. The van der Waals surface area contributed by atoms with Gasteiger partial charge in [0.15, 0.2) is 0 Å². The van der Waals surface area contributed by atoms with E-state index < -0.39 is 34.5 Å². The van der Waals surface area contributed by atoms with E-state index in [1.54, 1.807) is 0 Å². The zero-order valence-electron chi connectivity index (χ0n) is 31.7. The molecule has 2 rings (SSSR count). The quantitative estimate of drug-likeness (QED) is 0.0554. The molecule has 2 aliphatic heterocycles. The van der Waals surface area contributed by atoms with Gasteiger partial charge in [0.25, 0.3) is 5.91 Å². The van der Waals surface area contributed by atoms with Gasteiger partial charge in [0.2, 0.25) is 0 Å². The van der Waals surface area contributed by atoms with E-state index in [4.69, 9.17) is 9.47 Å². The minimum Gasteiger partial charge on any atom is -0.465 e. The minimum atomic E-state index is -1.14. The molecule has 0 aliphatic carbocycles. The number of nitrogens with zero attached hydrogens (tertiary/aromatic N) is 2. The molecule has 0 aromatic carbocycles. The highest BCUT2D eigenvalue weighted by Gasteiger charge is 2.61. The molecule has 0 radical (unpaired) electrons. The Morgan fingerprint density at radius 2 is 0.938 bits per heavy atom. The average molecular weight is 678 g/mol. The summed E-state index contributed by atoms with van der Waals surface area (Å²) in [4.78, 5) is 55.4. The second-order valence-corrected chi connectivity index (χ2v) is 15.8. The lowest BCUT2D eigenvalue weighted by molar-refractivity contribution is -0.157. The number of ether oxygens (including phenoxy) is 2. The summed E-state index contributed by atoms with van der Waals surface area (Å²) < 4.78 is 11.0. The van der Waals surface area contributed by atoms with Gasteiger partial charge in [0.1, 0.15) is 12.1 Å². The van der Waals surface area contributed by atoms with Crippen molar-refractivity contribution >= 4 is 23.9 Å². The standard InChI is InChI=1S/C39H71N3O6/c1-7-9-11-13-15-17-19-21-23-25-27-47-33(43)29-41-35(45)39(40-36(41)46)31-37(3,4)42(38(5,6)32-39)30-34(44)48-28-26-24-22-20-18-16-14-12-10-8-2/h7-32H2,1-6H3,(H,40,46). The first kappa shape index (κ1) is 42.0. The van der Waals surface area contributed by atoms with Crippen molar-refractivity contribution in [3.05, 3.63) is 0 Å². The van der Waals surface area contributed by atoms with Crippen LogP contribution in [0.2, 0.25) is 0 Å². The van der Waals surface area contributed by atoms with E-state index in [1.807, 2.05) is 27.7 Å². The summed E-state index contributed by atoms with van der Waals surface area (Å²) in [6.45, 7) is 12.9. The van der Waals surface area contributed by atoms with Crippen LogP contribution in [0.5, 0.6) is 0 Å². The summed E-state index contributed by atoms with van der Waals surface area (Å²) in [5, 5.41) is 2.93. The largest absolute Gasteiger partial charge is 0.465 e. The van der Waals surface area contributed by atoms with Gasteiger partial charge in [-0.3, -0.25) is 24.2 Å². The zero-order valence-corrected chi connectivity index (χ0v) is 31.7. The van der Waals surface area contributed by atoms with Gasteiger partial charge in [-0.25, -0.2) is 4.79 Å². The lowest BCUT2D eigenvalue weighted by Crippen LogP contribution is -2.70. The van der Waals surface area contributed by atoms with Crippen molar-refractivity contribution in [3.63, 3.8) is 0 Å². The Hall–Kier alpha value is -2.16. The Labute approximate surface area is 293 Å². The summed E-state index contributed by atoms with van der Waals surface area (Å²) in [6, 6.07) is -0.563. The van der Waals surface area contributed by atoms with Crippen molar-refractivity contribution in [1.29, 1.82) is 0 Å². The predicted molar refractivity (Wildman–Crippen MR) is 193 cm³/mol. The maximum Gasteiger partial charge on any atom is 0.326 e. The normalized spacial score (nSPS) is 18.3. The van der Waals surface area contributed by atoms with E-state index in [0.29, 0.717) is 26.1 Å². The molecule has 278 valence electrons. The fraction of sp³-hybridized carbons (Fsp3) is 0.897. The molecule has 2 heterocycles. The molecule has 0 atom stereocenters. The summed E-state index contributed by atoms with van der Waals surface area (Å²) in [7, 11) is 0. The second kappa shape index (κ2) is 21.8. The van der Waals surface area contributed by atoms with E-state index >= 15 is 0 Å². The highest BCUT2D eigenvalue weighted by Crippen LogP contribution is 2.45. The maximum absolute atomic E-state index is 13.7. The van der Waals surface area contributed by atoms with Crippen LogP contribution in [0, 0.1) is 0 Å². The topological polar surface area (TPSA) is 105 Å². The number of likely N-dealkylation sites (tertiary alicyclic amines) is 1. The number of carbonyl (C=O) groups excluding carboxylic acids is 4. The number of urea groups is 1. The van der Waals surface area contributed by atoms with Crippen LogP contribution < -0.4 is 5.32 Å². The molecular formula is C39H71N3O6. The van der Waals surface area contributed by atoms with E-state index in [0.717, 1.165) is 37.0 Å². The van der Waals surface area contributed by atoms with E-state index in [1.165, 1.54) is 96.3 Å². The van der Waals surface area contributed by atoms with Crippen LogP contribution in [0.4, 0.5) is 4.79 Å². The van der Waals surface area contributed by atoms with Crippen molar-refractivity contribution in [2.24, 2.45) is 0 Å². The lowest BCUT2D eigenvalue weighted by Gasteiger charge is -2.57. The van der Waals surface area contributed by atoms with Crippen molar-refractivity contribution in [3.8, 4) is 0 Å². The van der Waals surface area contributed by atoms with Crippen LogP contribution in [0.3, 0.4) is 0 Å². The predicted octanol–water partition coefficient (Wildman–Crippen LogP) is 8.86. The Morgan fingerprint density at radius 1 is 0.583 bits per heavy atom. The van der Waals surface area contributed by atoms with Gasteiger partial charge < -0.3 is 14.8 Å². The van der Waals surface area contributed by atoms with Crippen LogP contribution in [0.15, 0.2) is 0 Å². The molecule has 0 saturated carbocycles. The Kier molecular flexibility index (Phi) is 19.1. The van der Waals surface area contributed by atoms with Crippen molar-refractivity contribution in [1.82, 2.24) is 15.1 Å². The molecule has 9 nitrogen and oxygen atoms in total. The highest BCUT2D eigenvalue weighted by atomic mass is 16.5. The first-order valence-corrected chi connectivity index (χ1v) is 19.6. The van der Waals surface area contributed by atoms with Gasteiger partial charge in [-0.15, -0.1) is 0 Å². The van der Waals surface area contributed by atoms with E-state index in [-0.39, 0.29) is 19.1 Å². The SMILES string of the molecule is CCCCCCCCCCCCOC(=O)CN1C(=O)NC2(CC(C)(C)N(CC(=O)OCCCCCCCCCCCC)C(C)(C)C2)C1=O. The smallest absolute Gasteiger partial charge is 0.326 e. The van der Waals surface area contributed by atoms with Crippen LogP contribution in [0.1, 0.15) is 183 Å². The number of nitrogens with one attached hydrogen (secondary N) is 1. The second-order valence-electron chi connectivity index (χ2n) is 15.8. The van der Waals surface area contributed by atoms with E-state index in [9.17, 15) is 19.2 Å². The third-order valence-corrected chi connectivity index (χ3v) is 10.3. The number of amides is 3. The molecule has 2 aliphatic rings. The first-order chi connectivity index (χ1) is 22.9. The molecule has 0 aromatic heterocycles. The van der Waals surface area contributed by atoms with Crippen LogP contribution in [-0.2, 0) is 23.9 Å². The molecule has 0 aromatic rings. The molecule has 1 spiro atoms. The monoisotopic (exact) mass is 678 g/mol. The Balaban J connectivity index is 1.73. The molecule has 2 fully saturated rings. The molecule has 3 amide bonds. The zero-order chi connectivity index (χ0) is 35.5. The van der Waals surface area contributed by atoms with Gasteiger partial charge in [0, 0.05) is 11.1 Å². The molecule has 0 bridgehead atoms. The highest BCUT2D eigenvalue weighted by molar-refractivity contribution is 6.09. The number of carbonyl (C=O) groups is 4. The van der Waals surface area contributed by atoms with Crippen LogP contribution >= 0.6 is 0 Å².